The van der Waals surface area contributed by atoms with E-state index in [9.17, 15) is 8.78 Å². The minimum atomic E-state index is -2.98. The zero-order valence-corrected chi connectivity index (χ0v) is 15.0. The number of alkyl halides is 2. The Labute approximate surface area is 144 Å². The van der Waals surface area contributed by atoms with Gasteiger partial charge in [0.2, 0.25) is 0 Å². The molecule has 0 radical (unpaired) electrons. The summed E-state index contributed by atoms with van der Waals surface area (Å²) in [6.45, 7) is 6.39. The highest BCUT2D eigenvalue weighted by Gasteiger charge is 2.29. The van der Waals surface area contributed by atoms with Gasteiger partial charge in [-0.15, -0.1) is 0 Å². The van der Waals surface area contributed by atoms with Crippen molar-refractivity contribution in [3.8, 4) is 5.82 Å². The van der Waals surface area contributed by atoms with Crippen molar-refractivity contribution in [2.24, 2.45) is 0 Å². The molecule has 2 aromatic rings. The molecular formula is C16H18ClF2N3S. The number of hydrogen-bond acceptors (Lipinski definition) is 3. The number of hydrogen-bond donors (Lipinski definition) is 0. The molecule has 124 valence electrons. The van der Waals surface area contributed by atoms with Crippen molar-refractivity contribution in [3.63, 3.8) is 0 Å². The lowest BCUT2D eigenvalue weighted by Gasteiger charge is -2.18. The number of aryl methyl sites for hydroxylation is 2. The van der Waals surface area contributed by atoms with E-state index in [4.69, 9.17) is 23.8 Å². The summed E-state index contributed by atoms with van der Waals surface area (Å²) in [5, 5.41) is 4.66. The van der Waals surface area contributed by atoms with Crippen molar-refractivity contribution in [2.75, 3.05) is 0 Å². The zero-order chi connectivity index (χ0) is 17.4. The first-order chi connectivity index (χ1) is 10.7. The standard InChI is InChI=1S/C16H18ClF2N3S/c1-5-6-11-12(16(4,18)19)8-20-22(15(11)23)14-9(2)7-13(17)10(3)21-14/h7-8H,5-6H2,1-4H3. The normalized spacial score (nSPS) is 11.8. The van der Waals surface area contributed by atoms with Crippen LogP contribution in [-0.2, 0) is 12.3 Å². The summed E-state index contributed by atoms with van der Waals surface area (Å²) in [7, 11) is 0. The molecule has 0 bridgehead atoms. The lowest BCUT2D eigenvalue weighted by molar-refractivity contribution is 0.0158. The maximum atomic E-state index is 13.8. The SMILES string of the molecule is CCCc1c(C(C)(F)F)cnn(-c2nc(C)c(Cl)cc2C)c1=S. The second kappa shape index (κ2) is 6.61. The Morgan fingerprint density at radius 3 is 2.57 bits per heavy atom. The fraction of sp³-hybridized carbons (Fsp3) is 0.438. The molecule has 0 unspecified atom stereocenters. The Balaban J connectivity index is 2.74. The van der Waals surface area contributed by atoms with Crippen LogP contribution in [0.3, 0.4) is 0 Å². The quantitative estimate of drug-likeness (QED) is 0.693. The number of aromatic nitrogens is 3. The highest BCUT2D eigenvalue weighted by Crippen LogP contribution is 2.31. The predicted molar refractivity (Wildman–Crippen MR) is 90.2 cm³/mol. The van der Waals surface area contributed by atoms with Gasteiger partial charge in [0.05, 0.1) is 16.9 Å². The first-order valence-electron chi connectivity index (χ1n) is 7.30. The van der Waals surface area contributed by atoms with Crippen molar-refractivity contribution < 1.29 is 8.78 Å². The second-order valence-corrected chi connectivity index (χ2v) is 6.38. The number of pyridine rings is 1. The van der Waals surface area contributed by atoms with Crippen LogP contribution in [0.2, 0.25) is 5.02 Å². The van der Waals surface area contributed by atoms with Crippen LogP contribution >= 0.6 is 23.8 Å². The van der Waals surface area contributed by atoms with E-state index >= 15 is 0 Å². The van der Waals surface area contributed by atoms with Gasteiger partial charge in [-0.05, 0) is 37.5 Å². The molecule has 0 spiro atoms. The van der Waals surface area contributed by atoms with Crippen molar-refractivity contribution in [1.29, 1.82) is 0 Å². The van der Waals surface area contributed by atoms with Crippen LogP contribution < -0.4 is 0 Å². The van der Waals surface area contributed by atoms with E-state index in [1.54, 1.807) is 13.0 Å². The maximum absolute atomic E-state index is 13.8. The molecule has 7 heteroatoms. The lowest BCUT2D eigenvalue weighted by atomic mass is 10.0. The van der Waals surface area contributed by atoms with Crippen LogP contribution in [0.5, 0.6) is 0 Å². The first-order valence-corrected chi connectivity index (χ1v) is 8.09. The Morgan fingerprint density at radius 1 is 1.35 bits per heavy atom. The molecule has 0 aliphatic rings. The third-order valence-corrected chi connectivity index (χ3v) is 4.37. The molecule has 0 atom stereocenters. The molecule has 0 aliphatic carbocycles. The summed E-state index contributed by atoms with van der Waals surface area (Å²) >= 11 is 11.5. The Morgan fingerprint density at radius 2 is 2.00 bits per heavy atom. The minimum Gasteiger partial charge on any atom is -0.232 e. The summed E-state index contributed by atoms with van der Waals surface area (Å²) in [4.78, 5) is 4.41. The van der Waals surface area contributed by atoms with E-state index in [1.807, 2.05) is 13.8 Å². The topological polar surface area (TPSA) is 30.7 Å². The molecule has 0 N–H and O–H groups in total. The maximum Gasteiger partial charge on any atom is 0.272 e. The molecule has 0 aromatic carbocycles. The number of halogens is 3. The van der Waals surface area contributed by atoms with Crippen molar-refractivity contribution in [2.45, 2.75) is 46.5 Å². The van der Waals surface area contributed by atoms with E-state index in [0.29, 0.717) is 34.9 Å². The van der Waals surface area contributed by atoms with Crippen LogP contribution in [0, 0.1) is 18.5 Å². The fourth-order valence-electron chi connectivity index (χ4n) is 2.38. The van der Waals surface area contributed by atoms with Gasteiger partial charge >= 0.3 is 0 Å². The molecule has 3 nitrogen and oxygen atoms in total. The van der Waals surface area contributed by atoms with Crippen molar-refractivity contribution >= 4 is 23.8 Å². The third kappa shape index (κ3) is 3.58. The van der Waals surface area contributed by atoms with Crippen LogP contribution in [0.15, 0.2) is 12.3 Å². The summed E-state index contributed by atoms with van der Waals surface area (Å²) in [5.74, 6) is -2.47. The Kier molecular flexibility index (Phi) is 5.16. The molecule has 2 heterocycles. The third-order valence-electron chi connectivity index (χ3n) is 3.57. The molecule has 0 saturated carbocycles. The molecule has 23 heavy (non-hydrogen) atoms. The molecular weight excluding hydrogens is 340 g/mol. The molecule has 0 aliphatic heterocycles. The Bertz CT molecular complexity index is 797. The lowest BCUT2D eigenvalue weighted by Crippen LogP contribution is -2.17. The molecule has 2 rings (SSSR count). The zero-order valence-electron chi connectivity index (χ0n) is 13.5. The molecule has 0 saturated heterocycles. The number of nitrogens with zero attached hydrogens (tertiary/aromatic N) is 3. The molecule has 0 amide bonds. The minimum absolute atomic E-state index is 0.121. The van der Waals surface area contributed by atoms with E-state index in [1.165, 1.54) is 10.9 Å². The summed E-state index contributed by atoms with van der Waals surface area (Å²) in [6, 6.07) is 1.77. The average Bonchev–Trinajstić information content (AvgIpc) is 2.44. The van der Waals surface area contributed by atoms with Gasteiger partial charge in [0.15, 0.2) is 5.82 Å². The monoisotopic (exact) mass is 357 g/mol. The number of rotatable bonds is 4. The summed E-state index contributed by atoms with van der Waals surface area (Å²) in [5.41, 5.74) is 1.74. The Hall–Kier alpha value is -1.40. The smallest absolute Gasteiger partial charge is 0.232 e. The summed E-state index contributed by atoms with van der Waals surface area (Å²) in [6.07, 6.45) is 2.36. The van der Waals surface area contributed by atoms with E-state index in [0.717, 1.165) is 12.5 Å². The largest absolute Gasteiger partial charge is 0.272 e. The van der Waals surface area contributed by atoms with Crippen LogP contribution in [0.1, 0.15) is 42.7 Å². The fourth-order valence-corrected chi connectivity index (χ4v) is 2.94. The van der Waals surface area contributed by atoms with Gasteiger partial charge in [-0.25, -0.2) is 18.4 Å². The average molecular weight is 358 g/mol. The summed E-state index contributed by atoms with van der Waals surface area (Å²) < 4.78 is 29.3. The van der Waals surface area contributed by atoms with Gasteiger partial charge in [-0.2, -0.15) is 5.10 Å². The van der Waals surface area contributed by atoms with Crippen molar-refractivity contribution in [3.05, 3.63) is 44.3 Å². The predicted octanol–water partition coefficient (Wildman–Crippen LogP) is 5.33. The van der Waals surface area contributed by atoms with Crippen LogP contribution in [0.4, 0.5) is 8.78 Å². The molecule has 0 fully saturated rings. The van der Waals surface area contributed by atoms with Gasteiger partial charge in [-0.1, -0.05) is 37.2 Å². The highest BCUT2D eigenvalue weighted by atomic mass is 35.5. The highest BCUT2D eigenvalue weighted by molar-refractivity contribution is 7.71. The van der Waals surface area contributed by atoms with Gasteiger partial charge in [0.1, 0.15) is 4.64 Å². The molecule has 2 aromatic heterocycles. The van der Waals surface area contributed by atoms with Crippen LogP contribution in [-0.4, -0.2) is 14.8 Å². The van der Waals surface area contributed by atoms with Gasteiger partial charge < -0.3 is 0 Å². The van der Waals surface area contributed by atoms with E-state index in [2.05, 4.69) is 10.1 Å². The second-order valence-electron chi connectivity index (χ2n) is 5.59. The van der Waals surface area contributed by atoms with Gasteiger partial charge in [0.25, 0.3) is 5.92 Å². The van der Waals surface area contributed by atoms with Gasteiger partial charge in [0, 0.05) is 12.5 Å². The van der Waals surface area contributed by atoms with Crippen LogP contribution in [0.25, 0.3) is 5.82 Å². The first kappa shape index (κ1) is 17.9. The van der Waals surface area contributed by atoms with E-state index < -0.39 is 5.92 Å². The van der Waals surface area contributed by atoms with E-state index in [-0.39, 0.29) is 10.2 Å². The van der Waals surface area contributed by atoms with Crippen molar-refractivity contribution in [1.82, 2.24) is 14.8 Å². The van der Waals surface area contributed by atoms with Gasteiger partial charge in [-0.3, -0.25) is 0 Å².